The first kappa shape index (κ1) is 17.9. The van der Waals surface area contributed by atoms with Gasteiger partial charge >= 0.3 is 0 Å². The molecular weight excluding hydrogens is 356 g/mol. The number of benzene rings is 1. The molecule has 132 valence electrons. The molecule has 3 aromatic rings. The third kappa shape index (κ3) is 4.21. The van der Waals surface area contributed by atoms with Crippen molar-refractivity contribution in [3.05, 3.63) is 51.5 Å². The normalized spacial score (nSPS) is 11.9. The number of aryl methyl sites for hydroxylation is 1. The van der Waals surface area contributed by atoms with Crippen LogP contribution in [0.3, 0.4) is 0 Å². The molecular formula is C18H21ClN4OS. The Hall–Kier alpha value is -1.89. The summed E-state index contributed by atoms with van der Waals surface area (Å²) in [6, 6.07) is 9.60. The minimum absolute atomic E-state index is 0.0998. The van der Waals surface area contributed by atoms with Crippen molar-refractivity contribution in [2.24, 2.45) is 5.73 Å². The van der Waals surface area contributed by atoms with Crippen LogP contribution in [0.25, 0.3) is 10.2 Å². The fraction of sp³-hybridized carbons (Fsp3) is 0.333. The van der Waals surface area contributed by atoms with E-state index in [2.05, 4.69) is 10.4 Å². The molecule has 5 nitrogen and oxygen atoms in total. The maximum atomic E-state index is 12.4. The standard InChI is InChI=1S/C18H21ClN4OS/c1-11-14-8-15(16(24)21-10-18(2,3)20)25-17(14)23(22-11)9-12-4-6-13(19)7-5-12/h4-8H,9-10,20H2,1-3H3,(H,21,24). The van der Waals surface area contributed by atoms with Gasteiger partial charge in [-0.2, -0.15) is 5.10 Å². The fourth-order valence-corrected chi connectivity index (χ4v) is 3.69. The maximum absolute atomic E-state index is 12.4. The second kappa shape index (κ2) is 6.78. The van der Waals surface area contributed by atoms with Gasteiger partial charge in [-0.3, -0.25) is 9.48 Å². The van der Waals surface area contributed by atoms with E-state index in [1.54, 1.807) is 0 Å². The molecule has 7 heteroatoms. The van der Waals surface area contributed by atoms with E-state index >= 15 is 0 Å². The topological polar surface area (TPSA) is 72.9 Å². The summed E-state index contributed by atoms with van der Waals surface area (Å²) < 4.78 is 1.93. The third-order valence-corrected chi connectivity index (χ3v) is 5.18. The van der Waals surface area contributed by atoms with Gasteiger partial charge in [0.2, 0.25) is 0 Å². The van der Waals surface area contributed by atoms with E-state index < -0.39 is 5.54 Å². The van der Waals surface area contributed by atoms with Gasteiger partial charge < -0.3 is 11.1 Å². The number of amides is 1. The van der Waals surface area contributed by atoms with E-state index in [4.69, 9.17) is 17.3 Å². The van der Waals surface area contributed by atoms with Gasteiger partial charge in [0.25, 0.3) is 5.91 Å². The lowest BCUT2D eigenvalue weighted by atomic mass is 10.1. The van der Waals surface area contributed by atoms with Crippen molar-refractivity contribution in [1.29, 1.82) is 0 Å². The second-order valence-electron chi connectivity index (χ2n) is 6.87. The molecule has 0 aliphatic heterocycles. The highest BCUT2D eigenvalue weighted by Crippen LogP contribution is 2.29. The van der Waals surface area contributed by atoms with Crippen molar-refractivity contribution in [1.82, 2.24) is 15.1 Å². The van der Waals surface area contributed by atoms with Crippen LogP contribution >= 0.6 is 22.9 Å². The first-order valence-corrected chi connectivity index (χ1v) is 9.21. The number of nitrogens with zero attached hydrogens (tertiary/aromatic N) is 2. The average molecular weight is 377 g/mol. The van der Waals surface area contributed by atoms with Crippen molar-refractivity contribution in [2.75, 3.05) is 6.54 Å². The Bertz CT molecular complexity index is 906. The van der Waals surface area contributed by atoms with Gasteiger partial charge in [0.1, 0.15) is 4.83 Å². The second-order valence-corrected chi connectivity index (χ2v) is 8.34. The van der Waals surface area contributed by atoms with Crippen LogP contribution in [0.1, 0.15) is 34.8 Å². The Balaban J connectivity index is 1.85. The summed E-state index contributed by atoms with van der Waals surface area (Å²) in [4.78, 5) is 14.0. The highest BCUT2D eigenvalue weighted by molar-refractivity contribution is 7.20. The van der Waals surface area contributed by atoms with Gasteiger partial charge in [-0.1, -0.05) is 23.7 Å². The van der Waals surface area contributed by atoms with Crippen molar-refractivity contribution in [3.63, 3.8) is 0 Å². The van der Waals surface area contributed by atoms with E-state index in [9.17, 15) is 4.79 Å². The molecule has 2 aromatic heterocycles. The highest BCUT2D eigenvalue weighted by Gasteiger charge is 2.18. The molecule has 0 fully saturated rings. The lowest BCUT2D eigenvalue weighted by Crippen LogP contribution is -2.44. The molecule has 0 saturated heterocycles. The first-order chi connectivity index (χ1) is 11.7. The molecule has 0 atom stereocenters. The smallest absolute Gasteiger partial charge is 0.261 e. The van der Waals surface area contributed by atoms with Crippen molar-refractivity contribution < 1.29 is 4.79 Å². The van der Waals surface area contributed by atoms with Gasteiger partial charge in [0.15, 0.2) is 0 Å². The molecule has 0 aliphatic rings. The van der Waals surface area contributed by atoms with E-state index in [0.717, 1.165) is 21.5 Å². The molecule has 1 aromatic carbocycles. The van der Waals surface area contributed by atoms with E-state index in [-0.39, 0.29) is 5.91 Å². The number of carbonyl (C=O) groups is 1. The number of hydrogen-bond donors (Lipinski definition) is 2. The number of carbonyl (C=O) groups excluding carboxylic acids is 1. The SMILES string of the molecule is Cc1nn(Cc2ccc(Cl)cc2)c2sc(C(=O)NCC(C)(C)N)cc12. The summed E-state index contributed by atoms with van der Waals surface area (Å²) in [5.74, 6) is -0.0998. The zero-order valence-electron chi connectivity index (χ0n) is 14.5. The van der Waals surface area contributed by atoms with Crippen LogP contribution in [0.4, 0.5) is 0 Å². The largest absolute Gasteiger partial charge is 0.350 e. The minimum atomic E-state index is -0.437. The van der Waals surface area contributed by atoms with Crippen molar-refractivity contribution in [3.8, 4) is 0 Å². The van der Waals surface area contributed by atoms with Gasteiger partial charge in [-0.05, 0) is 44.5 Å². The zero-order valence-corrected chi connectivity index (χ0v) is 16.0. The number of fused-ring (bicyclic) bond motifs is 1. The number of nitrogens with one attached hydrogen (secondary N) is 1. The summed E-state index contributed by atoms with van der Waals surface area (Å²) in [6.07, 6.45) is 0. The summed E-state index contributed by atoms with van der Waals surface area (Å²) in [5, 5.41) is 9.20. The third-order valence-electron chi connectivity index (χ3n) is 3.78. The quantitative estimate of drug-likeness (QED) is 0.714. The number of rotatable bonds is 5. The summed E-state index contributed by atoms with van der Waals surface area (Å²) >= 11 is 7.39. The van der Waals surface area contributed by atoms with E-state index in [1.165, 1.54) is 11.3 Å². The van der Waals surface area contributed by atoms with Gasteiger partial charge in [0.05, 0.1) is 17.1 Å². The Morgan fingerprint density at radius 2 is 2.04 bits per heavy atom. The highest BCUT2D eigenvalue weighted by atomic mass is 35.5. The Kier molecular flexibility index (Phi) is 4.86. The minimum Gasteiger partial charge on any atom is -0.350 e. The average Bonchev–Trinajstić information content (AvgIpc) is 3.09. The van der Waals surface area contributed by atoms with Gasteiger partial charge in [-0.25, -0.2) is 0 Å². The van der Waals surface area contributed by atoms with Crippen molar-refractivity contribution in [2.45, 2.75) is 32.9 Å². The molecule has 0 saturated carbocycles. The molecule has 0 bridgehead atoms. The van der Waals surface area contributed by atoms with Crippen molar-refractivity contribution >= 4 is 39.1 Å². The molecule has 3 N–H and O–H groups in total. The summed E-state index contributed by atoms with van der Waals surface area (Å²) in [7, 11) is 0. The summed E-state index contributed by atoms with van der Waals surface area (Å²) in [5.41, 5.74) is 7.51. The number of aromatic nitrogens is 2. The molecule has 2 heterocycles. The monoisotopic (exact) mass is 376 g/mol. The van der Waals surface area contributed by atoms with Crippen LogP contribution in [0.5, 0.6) is 0 Å². The maximum Gasteiger partial charge on any atom is 0.261 e. The molecule has 3 rings (SSSR count). The van der Waals surface area contributed by atoms with Crippen LogP contribution < -0.4 is 11.1 Å². The van der Waals surface area contributed by atoms with Gasteiger partial charge in [0, 0.05) is 22.5 Å². The van der Waals surface area contributed by atoms with Crippen LogP contribution in [0.15, 0.2) is 30.3 Å². The molecule has 0 unspecified atom stereocenters. The van der Waals surface area contributed by atoms with Crippen LogP contribution in [0.2, 0.25) is 5.02 Å². The lowest BCUT2D eigenvalue weighted by molar-refractivity contribution is 0.0950. The Labute approximate surface area is 155 Å². The predicted octanol–water partition coefficient (Wildman–Crippen LogP) is 3.58. The van der Waals surface area contributed by atoms with Crippen LogP contribution in [-0.2, 0) is 6.54 Å². The van der Waals surface area contributed by atoms with E-state index in [0.29, 0.717) is 23.0 Å². The van der Waals surface area contributed by atoms with E-state index in [1.807, 2.05) is 55.8 Å². The Morgan fingerprint density at radius 3 is 2.68 bits per heavy atom. The number of thiophene rings is 1. The molecule has 0 aliphatic carbocycles. The summed E-state index contributed by atoms with van der Waals surface area (Å²) in [6.45, 7) is 6.78. The Morgan fingerprint density at radius 1 is 1.36 bits per heavy atom. The molecule has 0 spiro atoms. The number of hydrogen-bond acceptors (Lipinski definition) is 4. The molecule has 1 amide bonds. The molecule has 0 radical (unpaired) electrons. The van der Waals surface area contributed by atoms with Crippen LogP contribution in [0, 0.1) is 6.92 Å². The number of halogens is 1. The lowest BCUT2D eigenvalue weighted by Gasteiger charge is -2.18. The zero-order chi connectivity index (χ0) is 18.2. The van der Waals surface area contributed by atoms with Gasteiger partial charge in [-0.15, -0.1) is 11.3 Å². The fourth-order valence-electron chi connectivity index (χ4n) is 2.49. The molecule has 25 heavy (non-hydrogen) atoms. The first-order valence-electron chi connectivity index (χ1n) is 8.01. The predicted molar refractivity (Wildman–Crippen MR) is 104 cm³/mol. The number of nitrogens with two attached hydrogens (primary N) is 1. The van der Waals surface area contributed by atoms with Crippen LogP contribution in [-0.4, -0.2) is 27.8 Å².